The number of piperidine rings is 1. The van der Waals surface area contributed by atoms with Crippen LogP contribution in [0.15, 0.2) is 78.9 Å². The maximum atomic E-state index is 13.5. The predicted octanol–water partition coefficient (Wildman–Crippen LogP) is 6.26. The first-order chi connectivity index (χ1) is 17.7. The van der Waals surface area contributed by atoms with Crippen LogP contribution in [0.5, 0.6) is 5.75 Å². The Morgan fingerprint density at radius 3 is 2.00 bits per heavy atom. The fraction of sp³-hybridized carbons (Fsp3) is 0.375. The van der Waals surface area contributed by atoms with Gasteiger partial charge in [0.2, 0.25) is 0 Å². The summed E-state index contributed by atoms with van der Waals surface area (Å²) in [6.07, 6.45) is 2.69. The number of carbonyl (C=O) groups is 2. The van der Waals surface area contributed by atoms with Crippen molar-refractivity contribution in [2.75, 3.05) is 13.1 Å². The normalized spacial score (nSPS) is 16.7. The third-order valence-electron chi connectivity index (χ3n) is 8.01. The second-order valence-electron chi connectivity index (χ2n) is 10.6. The van der Waals surface area contributed by atoms with E-state index in [1.165, 1.54) is 11.1 Å². The number of aromatic hydroxyl groups is 1. The van der Waals surface area contributed by atoms with Gasteiger partial charge in [0.15, 0.2) is 5.78 Å². The topological polar surface area (TPSA) is 77.8 Å². The van der Waals surface area contributed by atoms with E-state index in [0.717, 1.165) is 32.4 Å². The highest BCUT2D eigenvalue weighted by Crippen LogP contribution is 2.39. The van der Waals surface area contributed by atoms with Crippen LogP contribution < -0.4 is 0 Å². The van der Waals surface area contributed by atoms with Crippen molar-refractivity contribution in [1.82, 2.24) is 4.90 Å². The number of nitrogens with zero attached hydrogens (tertiary/aromatic N) is 1. The number of phenolic OH excluding ortho intramolecular Hbond substituents is 1. The molecular formula is C32H37NO4. The molecule has 0 aliphatic carbocycles. The molecule has 3 aromatic rings. The molecule has 0 spiro atoms. The van der Waals surface area contributed by atoms with Gasteiger partial charge in [-0.3, -0.25) is 14.5 Å². The van der Waals surface area contributed by atoms with E-state index >= 15 is 0 Å². The second kappa shape index (κ2) is 11.3. The van der Waals surface area contributed by atoms with Gasteiger partial charge in [-0.05, 0) is 80.9 Å². The Hall–Kier alpha value is -3.44. The van der Waals surface area contributed by atoms with Crippen LogP contribution in [0.3, 0.4) is 0 Å². The fourth-order valence-corrected chi connectivity index (χ4v) is 5.62. The van der Waals surface area contributed by atoms with E-state index in [0.29, 0.717) is 17.0 Å². The van der Waals surface area contributed by atoms with E-state index in [2.05, 4.69) is 36.1 Å². The third kappa shape index (κ3) is 5.78. The fourth-order valence-electron chi connectivity index (χ4n) is 5.62. The quantitative estimate of drug-likeness (QED) is 0.340. The first-order valence-corrected chi connectivity index (χ1v) is 13.2. The first-order valence-electron chi connectivity index (χ1n) is 13.2. The van der Waals surface area contributed by atoms with E-state index in [4.69, 9.17) is 0 Å². The maximum absolute atomic E-state index is 13.5. The van der Waals surface area contributed by atoms with Crippen molar-refractivity contribution in [3.05, 3.63) is 101 Å². The van der Waals surface area contributed by atoms with Crippen LogP contribution in [-0.4, -0.2) is 46.0 Å². The van der Waals surface area contributed by atoms with Crippen molar-refractivity contribution in [2.45, 2.75) is 57.4 Å². The molecule has 0 bridgehead atoms. The van der Waals surface area contributed by atoms with Gasteiger partial charge >= 0.3 is 5.97 Å². The van der Waals surface area contributed by atoms with E-state index < -0.39 is 11.4 Å². The largest absolute Gasteiger partial charge is 0.508 e. The highest BCUT2D eigenvalue weighted by atomic mass is 16.4. The summed E-state index contributed by atoms with van der Waals surface area (Å²) in [7, 11) is 0. The van der Waals surface area contributed by atoms with Crippen molar-refractivity contribution < 1.29 is 19.8 Å². The lowest BCUT2D eigenvalue weighted by Crippen LogP contribution is -2.46. The zero-order chi connectivity index (χ0) is 26.6. The second-order valence-corrected chi connectivity index (χ2v) is 10.6. The number of Topliss-reactive ketones (excluding diaryl/α,β-unsaturated/α-hetero) is 1. The Labute approximate surface area is 219 Å². The Balaban J connectivity index is 1.48. The lowest BCUT2D eigenvalue weighted by Gasteiger charge is -2.39. The third-order valence-corrected chi connectivity index (χ3v) is 8.01. The van der Waals surface area contributed by atoms with Crippen molar-refractivity contribution >= 4 is 11.8 Å². The number of hydrogen-bond acceptors (Lipinski definition) is 4. The molecule has 1 aliphatic heterocycles. The monoisotopic (exact) mass is 499 g/mol. The maximum Gasteiger partial charge on any atom is 0.313 e. The van der Waals surface area contributed by atoms with Crippen molar-refractivity contribution in [1.29, 1.82) is 0 Å². The summed E-state index contributed by atoms with van der Waals surface area (Å²) >= 11 is 0. The zero-order valence-corrected chi connectivity index (χ0v) is 21.9. The summed E-state index contributed by atoms with van der Waals surface area (Å²) in [6.45, 7) is 7.10. The van der Waals surface area contributed by atoms with Gasteiger partial charge in [0, 0.05) is 11.5 Å². The number of benzene rings is 3. The highest BCUT2D eigenvalue weighted by Gasteiger charge is 2.34. The van der Waals surface area contributed by atoms with Gasteiger partial charge in [-0.1, -0.05) is 73.7 Å². The van der Waals surface area contributed by atoms with Crippen molar-refractivity contribution in [2.24, 2.45) is 5.92 Å². The average Bonchev–Trinajstić information content (AvgIpc) is 2.91. The van der Waals surface area contributed by atoms with Gasteiger partial charge in [-0.25, -0.2) is 0 Å². The van der Waals surface area contributed by atoms with Crippen LogP contribution in [0.4, 0.5) is 0 Å². The van der Waals surface area contributed by atoms with Gasteiger partial charge < -0.3 is 10.2 Å². The first kappa shape index (κ1) is 26.6. The SMILES string of the molecule is CCC(C(=O)c1ccc(C(C)(C)C(=O)O)cc1)N1CCC(C(c2ccccc2)c2ccc(O)cc2)CC1. The summed E-state index contributed by atoms with van der Waals surface area (Å²) in [6, 6.07) is 25.0. The Morgan fingerprint density at radius 2 is 1.46 bits per heavy atom. The molecular weight excluding hydrogens is 462 g/mol. The van der Waals surface area contributed by atoms with Crippen LogP contribution >= 0.6 is 0 Å². The Morgan fingerprint density at radius 1 is 0.892 bits per heavy atom. The van der Waals surface area contributed by atoms with Gasteiger partial charge in [0.05, 0.1) is 11.5 Å². The number of carboxylic acid groups (broad SMARTS) is 1. The molecule has 5 heteroatoms. The zero-order valence-electron chi connectivity index (χ0n) is 21.9. The number of hydrogen-bond donors (Lipinski definition) is 2. The Bertz CT molecular complexity index is 1190. The summed E-state index contributed by atoms with van der Waals surface area (Å²) in [5.74, 6) is 0.160. The summed E-state index contributed by atoms with van der Waals surface area (Å²) in [5.41, 5.74) is 2.80. The van der Waals surface area contributed by atoms with Gasteiger partial charge in [-0.2, -0.15) is 0 Å². The van der Waals surface area contributed by atoms with E-state index in [9.17, 15) is 19.8 Å². The van der Waals surface area contributed by atoms with Crippen LogP contribution in [0.2, 0.25) is 0 Å². The predicted molar refractivity (Wildman–Crippen MR) is 146 cm³/mol. The Kier molecular flexibility index (Phi) is 8.13. The number of carbonyl (C=O) groups excluding carboxylic acids is 1. The lowest BCUT2D eigenvalue weighted by atomic mass is 9.76. The minimum atomic E-state index is -1.000. The van der Waals surface area contributed by atoms with E-state index in [1.54, 1.807) is 50.2 Å². The molecule has 37 heavy (non-hydrogen) atoms. The molecule has 0 aromatic heterocycles. The van der Waals surface area contributed by atoms with Crippen LogP contribution in [-0.2, 0) is 10.2 Å². The van der Waals surface area contributed by atoms with Crippen LogP contribution in [0.1, 0.15) is 73.0 Å². The number of likely N-dealkylation sites (tertiary alicyclic amines) is 1. The molecule has 1 saturated heterocycles. The molecule has 2 atom stereocenters. The molecule has 194 valence electrons. The number of aliphatic carboxylic acids is 1. The van der Waals surface area contributed by atoms with Crippen molar-refractivity contribution in [3.8, 4) is 5.75 Å². The van der Waals surface area contributed by atoms with E-state index in [-0.39, 0.29) is 23.5 Å². The highest BCUT2D eigenvalue weighted by molar-refractivity contribution is 6.00. The smallest absolute Gasteiger partial charge is 0.313 e. The van der Waals surface area contributed by atoms with Crippen LogP contribution in [0.25, 0.3) is 0 Å². The minimum absolute atomic E-state index is 0.0961. The van der Waals surface area contributed by atoms with Gasteiger partial charge in [-0.15, -0.1) is 0 Å². The molecule has 0 saturated carbocycles. The minimum Gasteiger partial charge on any atom is -0.508 e. The number of rotatable bonds is 9. The van der Waals surface area contributed by atoms with Crippen molar-refractivity contribution in [3.63, 3.8) is 0 Å². The molecule has 2 unspecified atom stereocenters. The molecule has 4 rings (SSSR count). The standard InChI is InChI=1S/C32H37NO4/c1-4-28(30(35)25-10-14-26(15-11-25)32(2,3)31(36)37)33-20-18-24(19-21-33)29(22-8-6-5-7-9-22)23-12-16-27(34)17-13-23/h5-17,24,28-29,34H,4,18-21H2,1-3H3,(H,36,37). The molecule has 5 nitrogen and oxygen atoms in total. The molecule has 0 amide bonds. The van der Waals surface area contributed by atoms with Crippen LogP contribution in [0, 0.1) is 5.92 Å². The molecule has 0 radical (unpaired) electrons. The number of ketones is 1. The molecule has 1 fully saturated rings. The van der Waals surface area contributed by atoms with Gasteiger partial charge in [0.1, 0.15) is 5.75 Å². The molecule has 1 heterocycles. The number of phenols is 1. The molecule has 1 aliphatic rings. The summed E-state index contributed by atoms with van der Waals surface area (Å²) < 4.78 is 0. The van der Waals surface area contributed by atoms with E-state index in [1.807, 2.05) is 18.2 Å². The lowest BCUT2D eigenvalue weighted by molar-refractivity contribution is -0.142. The number of carboxylic acids is 1. The molecule has 3 aromatic carbocycles. The average molecular weight is 500 g/mol. The van der Waals surface area contributed by atoms with Gasteiger partial charge in [0.25, 0.3) is 0 Å². The summed E-state index contributed by atoms with van der Waals surface area (Å²) in [5, 5.41) is 19.3. The molecule has 2 N–H and O–H groups in total. The summed E-state index contributed by atoms with van der Waals surface area (Å²) in [4.78, 5) is 27.4.